The number of hydrogen-bond acceptors (Lipinski definition) is 4. The number of amides is 1. The van der Waals surface area contributed by atoms with Gasteiger partial charge in [-0.15, -0.1) is 0 Å². The van der Waals surface area contributed by atoms with Crippen LogP contribution in [0, 0.1) is 5.82 Å². The van der Waals surface area contributed by atoms with Gasteiger partial charge in [0.2, 0.25) is 0 Å². The first-order chi connectivity index (χ1) is 9.31. The molecule has 1 amide bonds. The minimum absolute atomic E-state index is 0.125. The molecule has 8 heteroatoms. The molecule has 20 heavy (non-hydrogen) atoms. The summed E-state index contributed by atoms with van der Waals surface area (Å²) in [6, 6.07) is 1.94. The first-order valence-electron chi connectivity index (χ1n) is 5.61. The van der Waals surface area contributed by atoms with Gasteiger partial charge in [-0.3, -0.25) is 9.59 Å². The first-order valence-corrected chi connectivity index (χ1v) is 5.61. The van der Waals surface area contributed by atoms with Crippen molar-refractivity contribution in [3.05, 3.63) is 29.6 Å². The summed E-state index contributed by atoms with van der Waals surface area (Å²) in [7, 11) is 0. The van der Waals surface area contributed by atoms with E-state index in [-0.39, 0.29) is 17.7 Å². The van der Waals surface area contributed by atoms with Gasteiger partial charge in [-0.1, -0.05) is 0 Å². The number of aliphatic carboxylic acids is 2. The minimum Gasteiger partial charge on any atom is -0.481 e. The number of carboxylic acids is 2. The third-order valence-electron chi connectivity index (χ3n) is 2.49. The maximum atomic E-state index is 13.5. The number of nitrogen functional groups attached to an aromatic ring is 1. The molecule has 1 rings (SSSR count). The number of nitrogens with one attached hydrogen (secondary N) is 1. The molecule has 0 aliphatic heterocycles. The second-order valence-corrected chi connectivity index (χ2v) is 4.04. The van der Waals surface area contributed by atoms with Crippen LogP contribution >= 0.6 is 0 Å². The highest BCUT2D eigenvalue weighted by Gasteiger charge is 2.23. The highest BCUT2D eigenvalue weighted by Crippen LogP contribution is 2.12. The van der Waals surface area contributed by atoms with E-state index in [0.29, 0.717) is 0 Å². The van der Waals surface area contributed by atoms with Crippen LogP contribution in [0.4, 0.5) is 10.1 Å². The van der Waals surface area contributed by atoms with E-state index in [1.165, 1.54) is 6.07 Å². The Morgan fingerprint density at radius 3 is 2.45 bits per heavy atom. The zero-order valence-corrected chi connectivity index (χ0v) is 10.3. The van der Waals surface area contributed by atoms with Gasteiger partial charge in [-0.05, 0) is 24.6 Å². The maximum Gasteiger partial charge on any atom is 0.326 e. The van der Waals surface area contributed by atoms with E-state index in [0.717, 1.165) is 12.1 Å². The molecule has 1 atom stereocenters. The third kappa shape index (κ3) is 4.23. The summed E-state index contributed by atoms with van der Waals surface area (Å²) in [6.45, 7) is 0. The SMILES string of the molecule is Nc1ccc(C(=O)N[C@@H](CCC(=O)O)C(=O)O)c(F)c1. The fourth-order valence-electron chi connectivity index (χ4n) is 1.48. The molecular weight excluding hydrogens is 271 g/mol. The van der Waals surface area contributed by atoms with Crippen molar-refractivity contribution < 1.29 is 29.0 Å². The van der Waals surface area contributed by atoms with Crippen molar-refractivity contribution in [2.75, 3.05) is 5.73 Å². The Bertz CT molecular complexity index is 547. The number of nitrogens with two attached hydrogens (primary N) is 1. The fraction of sp³-hybridized carbons (Fsp3) is 0.250. The van der Waals surface area contributed by atoms with Crippen LogP contribution in [0.1, 0.15) is 23.2 Å². The Hall–Kier alpha value is -2.64. The highest BCUT2D eigenvalue weighted by atomic mass is 19.1. The van der Waals surface area contributed by atoms with E-state index in [1.807, 2.05) is 0 Å². The Morgan fingerprint density at radius 1 is 1.30 bits per heavy atom. The zero-order chi connectivity index (χ0) is 15.3. The molecule has 0 radical (unpaired) electrons. The van der Waals surface area contributed by atoms with Crippen LogP contribution in [0.25, 0.3) is 0 Å². The quantitative estimate of drug-likeness (QED) is 0.561. The molecule has 0 heterocycles. The average molecular weight is 284 g/mol. The molecule has 1 aromatic carbocycles. The molecule has 0 bridgehead atoms. The van der Waals surface area contributed by atoms with Crippen molar-refractivity contribution in [2.45, 2.75) is 18.9 Å². The Morgan fingerprint density at radius 2 is 1.95 bits per heavy atom. The number of rotatable bonds is 6. The van der Waals surface area contributed by atoms with Gasteiger partial charge < -0.3 is 21.3 Å². The molecule has 0 saturated heterocycles. The predicted octanol–water partition coefficient (Wildman–Crippen LogP) is 0.456. The van der Waals surface area contributed by atoms with Crippen molar-refractivity contribution in [1.29, 1.82) is 0 Å². The van der Waals surface area contributed by atoms with Crippen LogP contribution in [-0.2, 0) is 9.59 Å². The number of anilines is 1. The van der Waals surface area contributed by atoms with Gasteiger partial charge >= 0.3 is 11.9 Å². The maximum absolute atomic E-state index is 13.5. The molecule has 7 nitrogen and oxygen atoms in total. The molecule has 0 aliphatic rings. The number of carbonyl (C=O) groups is 3. The molecule has 0 unspecified atom stereocenters. The molecule has 0 aromatic heterocycles. The second-order valence-electron chi connectivity index (χ2n) is 4.04. The van der Waals surface area contributed by atoms with Crippen LogP contribution in [0.3, 0.4) is 0 Å². The van der Waals surface area contributed by atoms with E-state index < -0.39 is 36.1 Å². The summed E-state index contributed by atoms with van der Waals surface area (Å²) < 4.78 is 13.5. The number of carboxylic acid groups (broad SMARTS) is 2. The van der Waals surface area contributed by atoms with Gasteiger partial charge in [-0.2, -0.15) is 0 Å². The summed E-state index contributed by atoms with van der Waals surface area (Å²) in [6.07, 6.45) is -0.728. The van der Waals surface area contributed by atoms with Crippen LogP contribution in [-0.4, -0.2) is 34.1 Å². The number of benzene rings is 1. The average Bonchev–Trinajstić information content (AvgIpc) is 2.33. The topological polar surface area (TPSA) is 130 Å². The summed E-state index contributed by atoms with van der Waals surface area (Å²) in [4.78, 5) is 33.0. The third-order valence-corrected chi connectivity index (χ3v) is 2.49. The van der Waals surface area contributed by atoms with E-state index >= 15 is 0 Å². The second kappa shape index (κ2) is 6.50. The Kier molecular flexibility index (Phi) is 5.01. The van der Waals surface area contributed by atoms with Crippen LogP contribution in [0.5, 0.6) is 0 Å². The number of hydrogen-bond donors (Lipinski definition) is 4. The lowest BCUT2D eigenvalue weighted by Gasteiger charge is -2.14. The largest absolute Gasteiger partial charge is 0.481 e. The molecule has 0 saturated carbocycles. The molecule has 5 N–H and O–H groups in total. The Balaban J connectivity index is 2.80. The molecule has 0 spiro atoms. The lowest BCUT2D eigenvalue weighted by atomic mass is 10.1. The molecular formula is C12H13FN2O5. The van der Waals surface area contributed by atoms with Gasteiger partial charge in [0.05, 0.1) is 5.56 Å². The zero-order valence-electron chi connectivity index (χ0n) is 10.3. The molecule has 108 valence electrons. The lowest BCUT2D eigenvalue weighted by molar-refractivity contribution is -0.140. The van der Waals surface area contributed by atoms with E-state index in [1.54, 1.807) is 0 Å². The van der Waals surface area contributed by atoms with E-state index in [2.05, 4.69) is 5.32 Å². The summed E-state index contributed by atoms with van der Waals surface area (Å²) in [5.74, 6) is -4.41. The summed E-state index contributed by atoms with van der Waals surface area (Å²) >= 11 is 0. The minimum atomic E-state index is -1.41. The van der Waals surface area contributed by atoms with Gasteiger partial charge in [0.1, 0.15) is 11.9 Å². The monoisotopic (exact) mass is 284 g/mol. The fourth-order valence-corrected chi connectivity index (χ4v) is 1.48. The van der Waals surface area contributed by atoms with E-state index in [9.17, 15) is 18.8 Å². The molecule has 0 fully saturated rings. The number of halogens is 1. The van der Waals surface area contributed by atoms with Gasteiger partial charge in [0, 0.05) is 12.1 Å². The van der Waals surface area contributed by atoms with Crippen LogP contribution in [0.2, 0.25) is 0 Å². The van der Waals surface area contributed by atoms with Crippen molar-refractivity contribution >= 4 is 23.5 Å². The Labute approximate surface area is 113 Å². The lowest BCUT2D eigenvalue weighted by Crippen LogP contribution is -2.41. The normalized spacial score (nSPS) is 11.7. The van der Waals surface area contributed by atoms with Gasteiger partial charge in [0.15, 0.2) is 0 Å². The van der Waals surface area contributed by atoms with Crippen molar-refractivity contribution in [1.82, 2.24) is 5.32 Å². The first kappa shape index (κ1) is 15.4. The van der Waals surface area contributed by atoms with Crippen molar-refractivity contribution in [3.8, 4) is 0 Å². The predicted molar refractivity (Wildman–Crippen MR) is 66.6 cm³/mol. The highest BCUT2D eigenvalue weighted by molar-refractivity contribution is 5.97. The number of carbonyl (C=O) groups excluding carboxylic acids is 1. The molecule has 1 aromatic rings. The van der Waals surface area contributed by atoms with E-state index in [4.69, 9.17) is 15.9 Å². The summed E-state index contributed by atoms with van der Waals surface area (Å²) in [5, 5.41) is 19.4. The van der Waals surface area contributed by atoms with Gasteiger partial charge in [0.25, 0.3) is 5.91 Å². The smallest absolute Gasteiger partial charge is 0.326 e. The molecule has 0 aliphatic carbocycles. The van der Waals surface area contributed by atoms with Crippen LogP contribution in [0.15, 0.2) is 18.2 Å². The van der Waals surface area contributed by atoms with Crippen molar-refractivity contribution in [3.63, 3.8) is 0 Å². The summed E-state index contributed by atoms with van der Waals surface area (Å²) in [5.41, 5.74) is 5.09. The van der Waals surface area contributed by atoms with Gasteiger partial charge in [-0.25, -0.2) is 9.18 Å². The van der Waals surface area contributed by atoms with Crippen LogP contribution < -0.4 is 11.1 Å². The van der Waals surface area contributed by atoms with Crippen molar-refractivity contribution in [2.24, 2.45) is 0 Å². The standard InChI is InChI=1S/C12H13FN2O5/c13-8-5-6(14)1-2-7(8)11(18)15-9(12(19)20)3-4-10(16)17/h1-2,5,9H,3-4,14H2,(H,15,18)(H,16,17)(H,19,20)/t9-/m0/s1.